The minimum Gasteiger partial charge on any atom is -0.478 e. The zero-order valence-electron chi connectivity index (χ0n) is 6.64. The molecule has 1 aromatic rings. The van der Waals surface area contributed by atoms with E-state index in [4.69, 9.17) is 17.0 Å². The van der Waals surface area contributed by atoms with E-state index in [1.165, 1.54) is 0 Å². The first-order valence-corrected chi connectivity index (χ1v) is 3.67. The first-order chi connectivity index (χ1) is 6.56. The van der Waals surface area contributed by atoms with Gasteiger partial charge in [-0.05, 0) is 6.07 Å². The number of aromatic carboxylic acids is 1. The summed E-state index contributed by atoms with van der Waals surface area (Å²) in [5, 5.41) is 18.9. The van der Waals surface area contributed by atoms with E-state index in [9.17, 15) is 14.9 Å². The van der Waals surface area contributed by atoms with Gasteiger partial charge in [0.25, 0.3) is 5.69 Å². The molecule has 0 atom stereocenters. The Balaban J connectivity index is 3.25. The number of nitrogens with zero attached hydrogens (tertiary/aromatic N) is 1. The second kappa shape index (κ2) is 3.93. The minimum absolute atomic E-state index is 0.231. The van der Waals surface area contributed by atoms with Crippen molar-refractivity contribution >= 4 is 23.5 Å². The number of halogens is 1. The highest BCUT2D eigenvalue weighted by molar-refractivity contribution is 6.10. The standard InChI is InChI=1S/C7H4ClNO5/c8-14-6-3-4(9(12)13)1-2-5(6)7(10)11/h1-3H,(H,10,11). The molecule has 0 spiro atoms. The maximum atomic E-state index is 10.6. The number of rotatable bonds is 3. The van der Waals surface area contributed by atoms with Crippen LogP contribution in [0.15, 0.2) is 18.2 Å². The van der Waals surface area contributed by atoms with Gasteiger partial charge in [-0.2, -0.15) is 0 Å². The number of benzene rings is 1. The van der Waals surface area contributed by atoms with E-state index >= 15 is 0 Å². The summed E-state index contributed by atoms with van der Waals surface area (Å²) in [4.78, 5) is 20.2. The Hall–Kier alpha value is -1.82. The Morgan fingerprint density at radius 1 is 1.57 bits per heavy atom. The maximum absolute atomic E-state index is 10.6. The molecule has 0 aliphatic heterocycles. The molecule has 0 bridgehead atoms. The fourth-order valence-electron chi connectivity index (χ4n) is 0.865. The van der Waals surface area contributed by atoms with Gasteiger partial charge in [0, 0.05) is 6.07 Å². The maximum Gasteiger partial charge on any atom is 0.339 e. The molecule has 0 aliphatic carbocycles. The molecule has 0 fully saturated rings. The third kappa shape index (κ3) is 1.91. The molecule has 0 unspecified atom stereocenters. The van der Waals surface area contributed by atoms with Crippen LogP contribution in [0.5, 0.6) is 5.75 Å². The molecular weight excluding hydrogens is 214 g/mol. The van der Waals surface area contributed by atoms with Gasteiger partial charge >= 0.3 is 5.97 Å². The van der Waals surface area contributed by atoms with Crippen molar-refractivity contribution in [3.8, 4) is 5.75 Å². The van der Waals surface area contributed by atoms with E-state index in [0.717, 1.165) is 18.2 Å². The van der Waals surface area contributed by atoms with Crippen LogP contribution in [-0.4, -0.2) is 16.0 Å². The number of nitro benzene ring substituents is 1. The summed E-state index contributed by atoms with van der Waals surface area (Å²) in [5.74, 6) is -1.52. The summed E-state index contributed by atoms with van der Waals surface area (Å²) in [6, 6.07) is 3.05. The van der Waals surface area contributed by atoms with Crippen LogP contribution in [0.1, 0.15) is 10.4 Å². The number of nitro groups is 1. The third-order valence-electron chi connectivity index (χ3n) is 1.49. The molecule has 0 radical (unpaired) electrons. The van der Waals surface area contributed by atoms with Crippen LogP contribution in [0.4, 0.5) is 5.69 Å². The van der Waals surface area contributed by atoms with Gasteiger partial charge in [0.1, 0.15) is 17.4 Å². The third-order valence-corrected chi connectivity index (χ3v) is 1.66. The molecule has 0 aromatic heterocycles. The van der Waals surface area contributed by atoms with Crippen molar-refractivity contribution in [2.24, 2.45) is 0 Å². The van der Waals surface area contributed by atoms with Crippen LogP contribution in [0, 0.1) is 10.1 Å². The van der Waals surface area contributed by atoms with Crippen molar-refractivity contribution in [2.75, 3.05) is 0 Å². The van der Waals surface area contributed by atoms with Crippen LogP contribution in [0.25, 0.3) is 0 Å². The van der Waals surface area contributed by atoms with Crippen LogP contribution in [0.3, 0.4) is 0 Å². The average Bonchev–Trinajstić information content (AvgIpc) is 2.16. The van der Waals surface area contributed by atoms with E-state index < -0.39 is 10.9 Å². The number of hydrogen-bond donors (Lipinski definition) is 1. The van der Waals surface area contributed by atoms with E-state index in [2.05, 4.69) is 4.29 Å². The summed E-state index contributed by atoms with van der Waals surface area (Å²) in [6.45, 7) is 0. The first kappa shape index (κ1) is 10.3. The van der Waals surface area contributed by atoms with Gasteiger partial charge in [0.2, 0.25) is 0 Å². The molecule has 7 heteroatoms. The van der Waals surface area contributed by atoms with Gasteiger partial charge in [0.15, 0.2) is 5.75 Å². The molecule has 0 amide bonds. The second-order valence-electron chi connectivity index (χ2n) is 2.32. The summed E-state index contributed by atoms with van der Waals surface area (Å²) in [5.41, 5.74) is -0.517. The monoisotopic (exact) mass is 217 g/mol. The SMILES string of the molecule is O=C(O)c1ccc([N+](=O)[O-])cc1OCl. The summed E-state index contributed by atoms with van der Waals surface area (Å²) >= 11 is 4.97. The predicted molar refractivity (Wildman–Crippen MR) is 46.5 cm³/mol. The highest BCUT2D eigenvalue weighted by Gasteiger charge is 2.16. The van der Waals surface area contributed by atoms with Gasteiger partial charge in [-0.3, -0.25) is 10.1 Å². The topological polar surface area (TPSA) is 89.7 Å². The quantitative estimate of drug-likeness (QED) is 0.616. The van der Waals surface area contributed by atoms with Crippen LogP contribution < -0.4 is 4.29 Å². The molecule has 6 nitrogen and oxygen atoms in total. The Bertz CT molecular complexity index is 392. The Kier molecular flexibility index (Phi) is 2.88. The Morgan fingerprint density at radius 3 is 2.64 bits per heavy atom. The number of carbonyl (C=O) groups is 1. The van der Waals surface area contributed by atoms with Crippen molar-refractivity contribution < 1.29 is 19.1 Å². The summed E-state index contributed by atoms with van der Waals surface area (Å²) in [7, 11) is 0. The first-order valence-electron chi connectivity index (χ1n) is 3.36. The van der Waals surface area contributed by atoms with Crippen LogP contribution in [-0.2, 0) is 0 Å². The lowest BCUT2D eigenvalue weighted by atomic mass is 10.2. The molecule has 1 N–H and O–H groups in total. The zero-order chi connectivity index (χ0) is 10.7. The largest absolute Gasteiger partial charge is 0.478 e. The van der Waals surface area contributed by atoms with Crippen LogP contribution in [0.2, 0.25) is 0 Å². The number of carboxylic acids is 1. The average molecular weight is 218 g/mol. The molecule has 1 aromatic carbocycles. The summed E-state index contributed by atoms with van der Waals surface area (Å²) < 4.78 is 4.18. The lowest BCUT2D eigenvalue weighted by molar-refractivity contribution is -0.384. The second-order valence-corrected chi connectivity index (χ2v) is 2.47. The van der Waals surface area contributed by atoms with E-state index in [-0.39, 0.29) is 17.0 Å². The van der Waals surface area contributed by atoms with Crippen LogP contribution >= 0.6 is 11.9 Å². The fourth-order valence-corrected chi connectivity index (χ4v) is 0.993. The van der Waals surface area contributed by atoms with Crippen molar-refractivity contribution in [3.63, 3.8) is 0 Å². The van der Waals surface area contributed by atoms with Crippen molar-refractivity contribution in [1.82, 2.24) is 0 Å². The number of hydrogen-bond acceptors (Lipinski definition) is 4. The number of non-ortho nitro benzene ring substituents is 1. The van der Waals surface area contributed by atoms with Gasteiger partial charge < -0.3 is 9.40 Å². The predicted octanol–water partition coefficient (Wildman–Crippen LogP) is 1.83. The van der Waals surface area contributed by atoms with Gasteiger partial charge in [-0.1, -0.05) is 0 Å². The van der Waals surface area contributed by atoms with E-state index in [1.807, 2.05) is 0 Å². The fraction of sp³-hybridized carbons (Fsp3) is 0. The van der Waals surface area contributed by atoms with Crippen molar-refractivity contribution in [3.05, 3.63) is 33.9 Å². The van der Waals surface area contributed by atoms with Gasteiger partial charge in [-0.25, -0.2) is 4.79 Å². The van der Waals surface area contributed by atoms with E-state index in [1.54, 1.807) is 0 Å². The molecule has 0 heterocycles. The van der Waals surface area contributed by atoms with Crippen molar-refractivity contribution in [1.29, 1.82) is 0 Å². The molecule has 1 rings (SSSR count). The zero-order valence-corrected chi connectivity index (χ0v) is 7.39. The summed E-state index contributed by atoms with van der Waals surface area (Å²) in [6.07, 6.45) is 0. The van der Waals surface area contributed by atoms with Crippen molar-refractivity contribution in [2.45, 2.75) is 0 Å². The lowest BCUT2D eigenvalue weighted by Gasteiger charge is -2.00. The Labute approximate surface area is 83.0 Å². The van der Waals surface area contributed by atoms with E-state index in [0.29, 0.717) is 0 Å². The molecular formula is C7H4ClNO5. The Morgan fingerprint density at radius 2 is 2.21 bits per heavy atom. The highest BCUT2D eigenvalue weighted by Crippen LogP contribution is 2.25. The molecule has 74 valence electrons. The number of carboxylic acid groups (broad SMARTS) is 1. The molecule has 0 aliphatic rings. The van der Waals surface area contributed by atoms with Gasteiger partial charge in [0.05, 0.1) is 11.0 Å². The lowest BCUT2D eigenvalue weighted by Crippen LogP contribution is -1.99. The molecule has 14 heavy (non-hydrogen) atoms. The van der Waals surface area contributed by atoms with Gasteiger partial charge in [-0.15, -0.1) is 0 Å². The normalized spacial score (nSPS) is 9.50. The molecule has 0 saturated carbocycles. The smallest absolute Gasteiger partial charge is 0.339 e. The molecule has 0 saturated heterocycles. The minimum atomic E-state index is -1.27. The highest BCUT2D eigenvalue weighted by atomic mass is 35.5.